The van der Waals surface area contributed by atoms with Crippen molar-refractivity contribution < 1.29 is 22.3 Å². The predicted molar refractivity (Wildman–Crippen MR) is 115 cm³/mol. The van der Waals surface area contributed by atoms with E-state index in [1.54, 1.807) is 17.0 Å². The quantitative estimate of drug-likeness (QED) is 0.533. The number of anilines is 1. The van der Waals surface area contributed by atoms with Crippen molar-refractivity contribution in [2.75, 3.05) is 18.1 Å². The van der Waals surface area contributed by atoms with Gasteiger partial charge in [0.1, 0.15) is 28.7 Å². The third-order valence-electron chi connectivity index (χ3n) is 4.80. The first kappa shape index (κ1) is 21.7. The highest BCUT2D eigenvalue weighted by atomic mass is 35.5. The molecular weight excluding hydrogens is 465 g/mol. The molecule has 0 aliphatic carbocycles. The van der Waals surface area contributed by atoms with Crippen LogP contribution in [0.2, 0.25) is 5.02 Å². The number of nitrogens with zero attached hydrogens (tertiary/aromatic N) is 3. The summed E-state index contributed by atoms with van der Waals surface area (Å²) < 4.78 is 48.0. The topological polar surface area (TPSA) is 89.5 Å². The first-order chi connectivity index (χ1) is 14.8. The highest BCUT2D eigenvalue weighted by Gasteiger charge is 2.26. The first-order valence-corrected chi connectivity index (χ1v) is 12.1. The minimum Gasteiger partial charge on any atom is -0.484 e. The van der Waals surface area contributed by atoms with Gasteiger partial charge in [-0.2, -0.15) is 4.37 Å². The molecule has 2 heterocycles. The van der Waals surface area contributed by atoms with Gasteiger partial charge in [-0.3, -0.25) is 4.79 Å². The number of carbonyl (C=O) groups is 1. The number of halogens is 2. The van der Waals surface area contributed by atoms with E-state index in [0.717, 1.165) is 17.1 Å². The SMILES string of the molecule is O=C(COc1ccc(F)c(Cl)c1)N1CCCc2cc(S(=O)(=O)Cc3ncns3)ccc21. The van der Waals surface area contributed by atoms with Crippen molar-refractivity contribution in [1.29, 1.82) is 0 Å². The van der Waals surface area contributed by atoms with E-state index in [9.17, 15) is 17.6 Å². The second kappa shape index (κ2) is 8.89. The van der Waals surface area contributed by atoms with E-state index in [0.29, 0.717) is 30.1 Å². The van der Waals surface area contributed by atoms with Gasteiger partial charge in [-0.25, -0.2) is 17.8 Å². The second-order valence-corrected chi connectivity index (χ2v) is 10.2. The molecular formula is C20H17ClFN3O4S2. The third-order valence-corrected chi connectivity index (χ3v) is 7.56. The summed E-state index contributed by atoms with van der Waals surface area (Å²) in [5.74, 6) is -0.782. The van der Waals surface area contributed by atoms with Crippen LogP contribution in [-0.4, -0.2) is 36.8 Å². The zero-order chi connectivity index (χ0) is 22.0. The Balaban J connectivity index is 1.50. The summed E-state index contributed by atoms with van der Waals surface area (Å²) in [6.07, 6.45) is 2.69. The summed E-state index contributed by atoms with van der Waals surface area (Å²) in [6, 6.07) is 8.64. The lowest BCUT2D eigenvalue weighted by molar-refractivity contribution is -0.120. The molecule has 0 N–H and O–H groups in total. The van der Waals surface area contributed by atoms with E-state index < -0.39 is 15.7 Å². The molecule has 1 amide bonds. The van der Waals surface area contributed by atoms with Crippen molar-refractivity contribution >= 4 is 44.6 Å². The Labute approximate surface area is 187 Å². The maximum atomic E-state index is 13.3. The monoisotopic (exact) mass is 481 g/mol. The molecule has 0 spiro atoms. The summed E-state index contributed by atoms with van der Waals surface area (Å²) in [7, 11) is -3.57. The summed E-state index contributed by atoms with van der Waals surface area (Å²) in [4.78, 5) is 18.4. The Morgan fingerprint density at radius 1 is 1.26 bits per heavy atom. The summed E-state index contributed by atoms with van der Waals surface area (Å²) in [6.45, 7) is 0.245. The highest BCUT2D eigenvalue weighted by Crippen LogP contribution is 2.31. The number of aromatic nitrogens is 2. The number of benzene rings is 2. The predicted octanol–water partition coefficient (Wildman–Crippen LogP) is 3.66. The molecule has 0 saturated heterocycles. The molecule has 1 aromatic heterocycles. The van der Waals surface area contributed by atoms with Crippen molar-refractivity contribution in [3.05, 3.63) is 64.1 Å². The van der Waals surface area contributed by atoms with Gasteiger partial charge in [-0.1, -0.05) is 11.6 Å². The summed E-state index contributed by atoms with van der Waals surface area (Å²) >= 11 is 6.78. The molecule has 11 heteroatoms. The van der Waals surface area contributed by atoms with Crippen molar-refractivity contribution in [2.45, 2.75) is 23.5 Å². The molecule has 0 atom stereocenters. The van der Waals surface area contributed by atoms with Gasteiger partial charge in [0.05, 0.1) is 9.92 Å². The number of sulfone groups is 1. The van der Waals surface area contributed by atoms with E-state index in [2.05, 4.69) is 9.36 Å². The first-order valence-electron chi connectivity index (χ1n) is 9.33. The van der Waals surface area contributed by atoms with Crippen LogP contribution in [-0.2, 0) is 26.8 Å². The molecule has 3 aromatic rings. The number of carbonyl (C=O) groups excluding carboxylic acids is 1. The van der Waals surface area contributed by atoms with Crippen LogP contribution in [0.3, 0.4) is 0 Å². The van der Waals surface area contributed by atoms with Crippen LogP contribution in [0.5, 0.6) is 5.75 Å². The molecule has 0 radical (unpaired) electrons. The minimum absolute atomic E-state index is 0.0875. The number of hydrogen-bond acceptors (Lipinski definition) is 7. The van der Waals surface area contributed by atoms with E-state index >= 15 is 0 Å². The van der Waals surface area contributed by atoms with Gasteiger partial charge < -0.3 is 9.64 Å². The molecule has 1 aliphatic heterocycles. The largest absolute Gasteiger partial charge is 0.484 e. The zero-order valence-corrected chi connectivity index (χ0v) is 18.5. The van der Waals surface area contributed by atoms with Crippen molar-refractivity contribution in [2.24, 2.45) is 0 Å². The maximum absolute atomic E-state index is 13.3. The van der Waals surface area contributed by atoms with Gasteiger partial charge in [0.15, 0.2) is 16.4 Å². The smallest absolute Gasteiger partial charge is 0.264 e. The molecule has 2 aromatic carbocycles. The average molecular weight is 482 g/mol. The van der Waals surface area contributed by atoms with Crippen LogP contribution in [0.4, 0.5) is 10.1 Å². The van der Waals surface area contributed by atoms with E-state index in [-0.39, 0.29) is 33.9 Å². The molecule has 0 bridgehead atoms. The van der Waals surface area contributed by atoms with Gasteiger partial charge in [0, 0.05) is 18.3 Å². The Morgan fingerprint density at radius 2 is 2.10 bits per heavy atom. The average Bonchev–Trinajstić information content (AvgIpc) is 3.25. The third kappa shape index (κ3) is 4.86. The number of aryl methyl sites for hydroxylation is 1. The Morgan fingerprint density at radius 3 is 2.84 bits per heavy atom. The van der Waals surface area contributed by atoms with Crippen LogP contribution in [0.1, 0.15) is 17.0 Å². The number of fused-ring (bicyclic) bond motifs is 1. The zero-order valence-electron chi connectivity index (χ0n) is 16.1. The van der Waals surface area contributed by atoms with Crippen LogP contribution in [0.15, 0.2) is 47.6 Å². The lowest BCUT2D eigenvalue weighted by atomic mass is 10.0. The van der Waals surface area contributed by atoms with Gasteiger partial charge in [-0.15, -0.1) is 0 Å². The normalized spacial score (nSPS) is 13.7. The molecule has 7 nitrogen and oxygen atoms in total. The molecule has 0 saturated carbocycles. The van der Waals surface area contributed by atoms with Crippen LogP contribution < -0.4 is 9.64 Å². The van der Waals surface area contributed by atoms with Gasteiger partial charge in [0.2, 0.25) is 0 Å². The molecule has 1 aliphatic rings. The fourth-order valence-electron chi connectivity index (χ4n) is 3.32. The molecule has 31 heavy (non-hydrogen) atoms. The van der Waals surface area contributed by atoms with Gasteiger partial charge in [-0.05, 0) is 60.3 Å². The summed E-state index contributed by atoms with van der Waals surface area (Å²) in [5, 5.41) is 0.336. The maximum Gasteiger partial charge on any atom is 0.264 e. The number of hydrogen-bond donors (Lipinski definition) is 0. The Bertz CT molecular complexity index is 1220. The Hall–Kier alpha value is -2.56. The van der Waals surface area contributed by atoms with Crippen molar-refractivity contribution in [1.82, 2.24) is 9.36 Å². The van der Waals surface area contributed by atoms with E-state index in [4.69, 9.17) is 16.3 Å². The lowest BCUT2D eigenvalue weighted by Gasteiger charge is -2.29. The fourth-order valence-corrected chi connectivity index (χ4v) is 5.64. The van der Waals surface area contributed by atoms with E-state index in [1.165, 1.54) is 30.6 Å². The minimum atomic E-state index is -3.57. The van der Waals surface area contributed by atoms with Crippen molar-refractivity contribution in [3.63, 3.8) is 0 Å². The lowest BCUT2D eigenvalue weighted by Crippen LogP contribution is -2.38. The molecule has 162 valence electrons. The Kier molecular flexibility index (Phi) is 6.22. The van der Waals surface area contributed by atoms with Crippen LogP contribution >= 0.6 is 23.1 Å². The number of rotatable bonds is 6. The van der Waals surface area contributed by atoms with Crippen LogP contribution in [0, 0.1) is 5.82 Å². The second-order valence-electron chi connectivity index (χ2n) is 6.90. The molecule has 4 rings (SSSR count). The molecule has 0 unspecified atom stereocenters. The highest BCUT2D eigenvalue weighted by molar-refractivity contribution is 7.90. The fraction of sp³-hybridized carbons (Fsp3) is 0.250. The van der Waals surface area contributed by atoms with Gasteiger partial charge >= 0.3 is 0 Å². The standard InChI is InChI=1S/C20H17ClFN3O4S2/c21-16-9-14(3-5-17(16)22)29-10-20(26)25-7-1-2-13-8-15(4-6-18(13)25)31(27,28)11-19-23-12-24-30-19/h3-6,8-9,12H,1-2,7,10-11H2. The van der Waals surface area contributed by atoms with Crippen molar-refractivity contribution in [3.8, 4) is 5.75 Å². The number of amides is 1. The molecule has 0 fully saturated rings. The van der Waals surface area contributed by atoms with Crippen LogP contribution in [0.25, 0.3) is 0 Å². The van der Waals surface area contributed by atoms with E-state index in [1.807, 2.05) is 0 Å². The summed E-state index contributed by atoms with van der Waals surface area (Å²) in [5.41, 5.74) is 1.44. The van der Waals surface area contributed by atoms with Gasteiger partial charge in [0.25, 0.3) is 5.91 Å². The number of ether oxygens (including phenoxy) is 1.